The quantitative estimate of drug-likeness (QED) is 0.711. The van der Waals surface area contributed by atoms with E-state index in [1.807, 2.05) is 20.8 Å². The highest BCUT2D eigenvalue weighted by Crippen LogP contribution is 2.05. The van der Waals surface area contributed by atoms with Gasteiger partial charge in [-0.3, -0.25) is 4.79 Å². The van der Waals surface area contributed by atoms with Crippen molar-refractivity contribution in [3.05, 3.63) is 11.1 Å². The van der Waals surface area contributed by atoms with E-state index < -0.39 is 0 Å². The summed E-state index contributed by atoms with van der Waals surface area (Å²) in [5.41, 5.74) is 1.93. The highest BCUT2D eigenvalue weighted by molar-refractivity contribution is 5.93. The third-order valence-corrected chi connectivity index (χ3v) is 2.72. The Bertz CT molecular complexity index is 241. The summed E-state index contributed by atoms with van der Waals surface area (Å²) in [5.74, 6) is 0.0821. The van der Waals surface area contributed by atoms with E-state index in [0.29, 0.717) is 6.04 Å². The Morgan fingerprint density at radius 1 is 1.33 bits per heavy atom. The number of rotatable bonds is 2. The van der Waals surface area contributed by atoms with Crippen molar-refractivity contribution in [2.45, 2.75) is 39.7 Å². The molecule has 0 aromatic heterocycles. The van der Waals surface area contributed by atoms with Crippen LogP contribution in [0.2, 0.25) is 0 Å². The molecule has 88 valence electrons. The van der Waals surface area contributed by atoms with Crippen molar-refractivity contribution < 1.29 is 4.79 Å². The molecule has 1 heterocycles. The molecule has 1 unspecified atom stereocenters. The Kier molecular flexibility index (Phi) is 6.61. The fourth-order valence-electron chi connectivity index (χ4n) is 1.50. The maximum absolute atomic E-state index is 11.7. The molecule has 3 nitrogen and oxygen atoms in total. The lowest BCUT2D eigenvalue weighted by Gasteiger charge is -2.24. The van der Waals surface area contributed by atoms with Crippen molar-refractivity contribution in [3.63, 3.8) is 0 Å². The van der Waals surface area contributed by atoms with E-state index in [-0.39, 0.29) is 18.3 Å². The number of amides is 1. The maximum Gasteiger partial charge on any atom is 0.247 e. The van der Waals surface area contributed by atoms with Crippen LogP contribution in [-0.2, 0) is 4.79 Å². The Morgan fingerprint density at radius 3 is 2.47 bits per heavy atom. The van der Waals surface area contributed by atoms with Crippen LogP contribution >= 0.6 is 12.4 Å². The van der Waals surface area contributed by atoms with Gasteiger partial charge in [-0.05, 0) is 40.2 Å². The van der Waals surface area contributed by atoms with Crippen LogP contribution in [-0.4, -0.2) is 25.0 Å². The molecular weight excluding hydrogens is 212 g/mol. The standard InChI is InChI=1S/C11H20N2O.ClH/c1-8(2)9(3)11(14)13-10-5-4-6-12-7-10;/h10,12H,4-7H2,1-3H3,(H,13,14);1H. The predicted octanol–water partition coefficient (Wildman–Crippen LogP) is 1.63. The molecule has 2 N–H and O–H groups in total. The molecule has 15 heavy (non-hydrogen) atoms. The van der Waals surface area contributed by atoms with Gasteiger partial charge in [-0.1, -0.05) is 5.57 Å². The molecule has 0 aromatic carbocycles. The topological polar surface area (TPSA) is 41.1 Å². The fraction of sp³-hybridized carbons (Fsp3) is 0.727. The average Bonchev–Trinajstić information content (AvgIpc) is 2.18. The van der Waals surface area contributed by atoms with Crippen molar-refractivity contribution in [2.24, 2.45) is 0 Å². The minimum atomic E-state index is 0. The van der Waals surface area contributed by atoms with Crippen molar-refractivity contribution in [2.75, 3.05) is 13.1 Å². The Balaban J connectivity index is 0.00000196. The van der Waals surface area contributed by atoms with Gasteiger partial charge in [0.1, 0.15) is 0 Å². The van der Waals surface area contributed by atoms with Crippen molar-refractivity contribution in [3.8, 4) is 0 Å². The van der Waals surface area contributed by atoms with Crippen LogP contribution in [0.3, 0.4) is 0 Å². The summed E-state index contributed by atoms with van der Waals surface area (Å²) >= 11 is 0. The predicted molar refractivity (Wildman–Crippen MR) is 65.3 cm³/mol. The number of nitrogens with one attached hydrogen (secondary N) is 2. The Labute approximate surface area is 98.1 Å². The first-order chi connectivity index (χ1) is 6.61. The Hall–Kier alpha value is -0.540. The third-order valence-electron chi connectivity index (χ3n) is 2.72. The number of piperidine rings is 1. The lowest BCUT2D eigenvalue weighted by atomic mass is 10.1. The van der Waals surface area contributed by atoms with Crippen LogP contribution in [0.5, 0.6) is 0 Å². The van der Waals surface area contributed by atoms with Gasteiger partial charge in [-0.2, -0.15) is 0 Å². The van der Waals surface area contributed by atoms with Crippen molar-refractivity contribution in [1.29, 1.82) is 0 Å². The largest absolute Gasteiger partial charge is 0.348 e. The van der Waals surface area contributed by atoms with E-state index in [1.54, 1.807) is 0 Å². The number of hydrogen-bond donors (Lipinski definition) is 2. The van der Waals surface area contributed by atoms with E-state index in [1.165, 1.54) is 0 Å². The molecule has 1 rings (SSSR count). The molecule has 0 radical (unpaired) electrons. The summed E-state index contributed by atoms with van der Waals surface area (Å²) < 4.78 is 0. The van der Waals surface area contributed by atoms with Gasteiger partial charge in [0.2, 0.25) is 5.91 Å². The van der Waals surface area contributed by atoms with Gasteiger partial charge >= 0.3 is 0 Å². The second-order valence-corrected chi connectivity index (χ2v) is 4.14. The minimum Gasteiger partial charge on any atom is -0.348 e. The molecule has 4 heteroatoms. The van der Waals surface area contributed by atoms with Crippen LogP contribution in [0.25, 0.3) is 0 Å². The van der Waals surface area contributed by atoms with Crippen LogP contribution in [0, 0.1) is 0 Å². The van der Waals surface area contributed by atoms with E-state index in [2.05, 4.69) is 10.6 Å². The number of carbonyl (C=O) groups excluding carboxylic acids is 1. The first kappa shape index (κ1) is 14.5. The van der Waals surface area contributed by atoms with Crippen molar-refractivity contribution >= 4 is 18.3 Å². The lowest BCUT2D eigenvalue weighted by molar-refractivity contribution is -0.118. The van der Waals surface area contributed by atoms with E-state index in [4.69, 9.17) is 0 Å². The molecule has 0 saturated carbocycles. The van der Waals surface area contributed by atoms with Gasteiger partial charge in [0, 0.05) is 18.2 Å². The molecule has 1 aliphatic heterocycles. The van der Waals surface area contributed by atoms with Crippen molar-refractivity contribution in [1.82, 2.24) is 10.6 Å². The molecule has 0 aliphatic carbocycles. The summed E-state index contributed by atoms with van der Waals surface area (Å²) in [7, 11) is 0. The van der Waals surface area contributed by atoms with E-state index >= 15 is 0 Å². The van der Waals surface area contributed by atoms with Gasteiger partial charge in [0.15, 0.2) is 0 Å². The summed E-state index contributed by atoms with van der Waals surface area (Å²) in [6.45, 7) is 7.79. The van der Waals surface area contributed by atoms with Gasteiger partial charge in [0.05, 0.1) is 0 Å². The van der Waals surface area contributed by atoms with Crippen LogP contribution in [0.1, 0.15) is 33.6 Å². The summed E-state index contributed by atoms with van der Waals surface area (Å²) in [6.07, 6.45) is 2.24. The number of hydrogen-bond acceptors (Lipinski definition) is 2. The number of allylic oxidation sites excluding steroid dienone is 1. The smallest absolute Gasteiger partial charge is 0.247 e. The molecule has 1 amide bonds. The van der Waals surface area contributed by atoms with Gasteiger partial charge in [0.25, 0.3) is 0 Å². The van der Waals surface area contributed by atoms with Crippen LogP contribution in [0.15, 0.2) is 11.1 Å². The highest BCUT2D eigenvalue weighted by Gasteiger charge is 2.16. The van der Waals surface area contributed by atoms with Gasteiger partial charge < -0.3 is 10.6 Å². The summed E-state index contributed by atoms with van der Waals surface area (Å²) in [5, 5.41) is 6.32. The molecule has 0 bridgehead atoms. The lowest BCUT2D eigenvalue weighted by Crippen LogP contribution is -2.45. The second kappa shape index (κ2) is 6.85. The number of halogens is 1. The minimum absolute atomic E-state index is 0. The van der Waals surface area contributed by atoms with E-state index in [9.17, 15) is 4.79 Å². The summed E-state index contributed by atoms with van der Waals surface area (Å²) in [6, 6.07) is 0.311. The van der Waals surface area contributed by atoms with E-state index in [0.717, 1.165) is 37.1 Å². The molecule has 0 aromatic rings. The third kappa shape index (κ3) is 4.67. The van der Waals surface area contributed by atoms with Gasteiger partial charge in [-0.15, -0.1) is 12.4 Å². The SMILES string of the molecule is CC(C)=C(C)C(=O)NC1CCCNC1.Cl. The zero-order valence-corrected chi connectivity index (χ0v) is 10.5. The first-order valence-corrected chi connectivity index (χ1v) is 5.27. The fourth-order valence-corrected chi connectivity index (χ4v) is 1.50. The van der Waals surface area contributed by atoms with Gasteiger partial charge in [-0.25, -0.2) is 0 Å². The average molecular weight is 233 g/mol. The first-order valence-electron chi connectivity index (χ1n) is 5.27. The number of carbonyl (C=O) groups is 1. The monoisotopic (exact) mass is 232 g/mol. The molecule has 1 aliphatic rings. The molecule has 1 saturated heterocycles. The molecular formula is C11H21ClN2O. The summed E-state index contributed by atoms with van der Waals surface area (Å²) in [4.78, 5) is 11.7. The maximum atomic E-state index is 11.7. The molecule has 1 atom stereocenters. The second-order valence-electron chi connectivity index (χ2n) is 4.14. The highest BCUT2D eigenvalue weighted by atomic mass is 35.5. The molecule has 1 fully saturated rings. The zero-order valence-electron chi connectivity index (χ0n) is 9.72. The Morgan fingerprint density at radius 2 is 2.00 bits per heavy atom. The van der Waals surface area contributed by atoms with Crippen LogP contribution in [0.4, 0.5) is 0 Å². The normalized spacial score (nSPS) is 20.1. The zero-order chi connectivity index (χ0) is 10.6. The molecule has 0 spiro atoms. The van der Waals surface area contributed by atoms with Crippen LogP contribution < -0.4 is 10.6 Å².